The van der Waals surface area contributed by atoms with Crippen molar-refractivity contribution in [3.05, 3.63) is 18.0 Å². The van der Waals surface area contributed by atoms with Gasteiger partial charge in [-0.05, 0) is 25.8 Å². The first kappa shape index (κ1) is 7.80. The fourth-order valence-corrected chi connectivity index (χ4v) is 1.70. The van der Waals surface area contributed by atoms with Crippen LogP contribution in [0.3, 0.4) is 0 Å². The van der Waals surface area contributed by atoms with Crippen LogP contribution in [0.2, 0.25) is 0 Å². The standard InChI is InChI=1S/C9H14N2O/c1-7(12)9(4-5-9)8-3-6-11(2)10-8/h3,6-7,12H,4-5H2,1-2H3. The van der Waals surface area contributed by atoms with Gasteiger partial charge < -0.3 is 5.11 Å². The van der Waals surface area contributed by atoms with Crippen molar-refractivity contribution in [2.45, 2.75) is 31.3 Å². The van der Waals surface area contributed by atoms with E-state index >= 15 is 0 Å². The molecule has 0 aromatic carbocycles. The van der Waals surface area contributed by atoms with Crippen LogP contribution in [0.4, 0.5) is 0 Å². The minimum atomic E-state index is -0.271. The second kappa shape index (κ2) is 2.33. The van der Waals surface area contributed by atoms with Crippen molar-refractivity contribution < 1.29 is 5.11 Å². The summed E-state index contributed by atoms with van der Waals surface area (Å²) in [7, 11) is 1.90. The van der Waals surface area contributed by atoms with Crippen LogP contribution in [0, 0.1) is 0 Å². The summed E-state index contributed by atoms with van der Waals surface area (Å²) in [5.41, 5.74) is 1.03. The largest absolute Gasteiger partial charge is 0.392 e. The molecule has 1 heterocycles. The summed E-state index contributed by atoms with van der Waals surface area (Å²) >= 11 is 0. The van der Waals surface area contributed by atoms with Gasteiger partial charge in [-0.15, -0.1) is 0 Å². The molecule has 1 aliphatic carbocycles. The average Bonchev–Trinajstić information content (AvgIpc) is 2.71. The Morgan fingerprint density at radius 1 is 1.67 bits per heavy atom. The van der Waals surface area contributed by atoms with E-state index < -0.39 is 0 Å². The van der Waals surface area contributed by atoms with E-state index in [4.69, 9.17) is 0 Å². The molecular weight excluding hydrogens is 152 g/mol. The predicted octanol–water partition coefficient (Wildman–Crippen LogP) is 0.832. The normalized spacial score (nSPS) is 22.2. The minimum Gasteiger partial charge on any atom is -0.392 e. The topological polar surface area (TPSA) is 38.0 Å². The summed E-state index contributed by atoms with van der Waals surface area (Å²) in [5, 5.41) is 13.9. The molecule has 66 valence electrons. The number of hydrogen-bond donors (Lipinski definition) is 1. The Balaban J connectivity index is 2.30. The van der Waals surface area contributed by atoms with Gasteiger partial charge in [-0.2, -0.15) is 5.10 Å². The van der Waals surface area contributed by atoms with Gasteiger partial charge in [-0.3, -0.25) is 4.68 Å². The predicted molar refractivity (Wildman–Crippen MR) is 45.8 cm³/mol. The van der Waals surface area contributed by atoms with Crippen LogP contribution in [-0.4, -0.2) is 21.0 Å². The first-order chi connectivity index (χ1) is 5.65. The number of aliphatic hydroxyl groups is 1. The zero-order valence-corrected chi connectivity index (χ0v) is 7.49. The molecule has 2 rings (SSSR count). The maximum Gasteiger partial charge on any atom is 0.0711 e. The van der Waals surface area contributed by atoms with Gasteiger partial charge in [0.1, 0.15) is 0 Å². The van der Waals surface area contributed by atoms with Crippen LogP contribution in [-0.2, 0) is 12.5 Å². The lowest BCUT2D eigenvalue weighted by molar-refractivity contribution is 0.148. The zero-order chi connectivity index (χ0) is 8.77. The Kier molecular flexibility index (Phi) is 1.51. The van der Waals surface area contributed by atoms with Gasteiger partial charge in [-0.1, -0.05) is 0 Å². The second-order valence-corrected chi connectivity index (χ2v) is 3.71. The first-order valence-electron chi connectivity index (χ1n) is 4.33. The number of nitrogens with zero attached hydrogens (tertiary/aromatic N) is 2. The molecule has 0 aliphatic heterocycles. The number of aromatic nitrogens is 2. The van der Waals surface area contributed by atoms with Crippen molar-refractivity contribution in [1.29, 1.82) is 0 Å². The quantitative estimate of drug-likeness (QED) is 0.706. The monoisotopic (exact) mass is 166 g/mol. The minimum absolute atomic E-state index is 0.0126. The third kappa shape index (κ3) is 0.966. The Hall–Kier alpha value is -0.830. The van der Waals surface area contributed by atoms with Gasteiger partial charge in [0.2, 0.25) is 0 Å². The molecule has 1 aliphatic rings. The number of aryl methyl sites for hydroxylation is 1. The summed E-state index contributed by atoms with van der Waals surface area (Å²) in [6.07, 6.45) is 3.80. The van der Waals surface area contributed by atoms with Gasteiger partial charge in [0, 0.05) is 18.7 Å². The van der Waals surface area contributed by atoms with Gasteiger partial charge in [0.05, 0.1) is 11.8 Å². The third-order valence-electron chi connectivity index (χ3n) is 2.81. The molecule has 1 N–H and O–H groups in total. The molecule has 1 unspecified atom stereocenters. The molecule has 3 nitrogen and oxygen atoms in total. The van der Waals surface area contributed by atoms with E-state index in [0.29, 0.717) is 0 Å². The first-order valence-corrected chi connectivity index (χ1v) is 4.33. The van der Waals surface area contributed by atoms with Crippen LogP contribution >= 0.6 is 0 Å². The highest BCUT2D eigenvalue weighted by Crippen LogP contribution is 2.50. The lowest BCUT2D eigenvalue weighted by Gasteiger charge is -2.15. The van der Waals surface area contributed by atoms with E-state index in [1.165, 1.54) is 0 Å². The van der Waals surface area contributed by atoms with Crippen molar-refractivity contribution in [2.75, 3.05) is 0 Å². The highest BCUT2D eigenvalue weighted by Gasteiger charge is 2.50. The van der Waals surface area contributed by atoms with Crippen LogP contribution < -0.4 is 0 Å². The molecular formula is C9H14N2O. The van der Waals surface area contributed by atoms with Crippen molar-refractivity contribution in [3.63, 3.8) is 0 Å². The third-order valence-corrected chi connectivity index (χ3v) is 2.81. The molecule has 3 heteroatoms. The zero-order valence-electron chi connectivity index (χ0n) is 7.49. The molecule has 0 radical (unpaired) electrons. The maximum atomic E-state index is 9.56. The smallest absolute Gasteiger partial charge is 0.0711 e. The lowest BCUT2D eigenvalue weighted by atomic mass is 9.97. The number of aliphatic hydroxyl groups excluding tert-OH is 1. The molecule has 1 atom stereocenters. The van der Waals surface area contributed by atoms with E-state index in [2.05, 4.69) is 5.10 Å². The summed E-state index contributed by atoms with van der Waals surface area (Å²) < 4.78 is 1.79. The fraction of sp³-hybridized carbons (Fsp3) is 0.667. The highest BCUT2D eigenvalue weighted by atomic mass is 16.3. The Labute approximate surface area is 72.0 Å². The Morgan fingerprint density at radius 2 is 2.33 bits per heavy atom. The van der Waals surface area contributed by atoms with Gasteiger partial charge >= 0.3 is 0 Å². The number of rotatable bonds is 2. The van der Waals surface area contributed by atoms with E-state index in [9.17, 15) is 5.11 Å². The van der Waals surface area contributed by atoms with Crippen LogP contribution in [0.15, 0.2) is 12.3 Å². The van der Waals surface area contributed by atoms with Crippen LogP contribution in [0.5, 0.6) is 0 Å². The maximum absolute atomic E-state index is 9.56. The summed E-state index contributed by atoms with van der Waals surface area (Å²) in [6, 6.07) is 2.00. The van der Waals surface area contributed by atoms with E-state index in [0.717, 1.165) is 18.5 Å². The molecule has 0 bridgehead atoms. The molecule has 12 heavy (non-hydrogen) atoms. The second-order valence-electron chi connectivity index (χ2n) is 3.71. The van der Waals surface area contributed by atoms with E-state index in [1.54, 1.807) is 4.68 Å². The van der Waals surface area contributed by atoms with Crippen LogP contribution in [0.25, 0.3) is 0 Å². The van der Waals surface area contributed by atoms with E-state index in [1.807, 2.05) is 26.2 Å². The average molecular weight is 166 g/mol. The van der Waals surface area contributed by atoms with Crippen molar-refractivity contribution >= 4 is 0 Å². The van der Waals surface area contributed by atoms with Gasteiger partial charge in [0.15, 0.2) is 0 Å². The van der Waals surface area contributed by atoms with Crippen LogP contribution in [0.1, 0.15) is 25.5 Å². The molecule has 1 aromatic rings. The number of hydrogen-bond acceptors (Lipinski definition) is 2. The Bertz CT molecular complexity index is 286. The summed E-state index contributed by atoms with van der Waals surface area (Å²) in [5.74, 6) is 0. The molecule has 0 amide bonds. The fourth-order valence-electron chi connectivity index (χ4n) is 1.70. The molecule has 1 aromatic heterocycles. The Morgan fingerprint density at radius 3 is 2.67 bits per heavy atom. The van der Waals surface area contributed by atoms with Crippen molar-refractivity contribution in [2.24, 2.45) is 7.05 Å². The lowest BCUT2D eigenvalue weighted by Crippen LogP contribution is -2.23. The summed E-state index contributed by atoms with van der Waals surface area (Å²) in [6.45, 7) is 1.85. The molecule has 1 fully saturated rings. The molecule has 1 saturated carbocycles. The van der Waals surface area contributed by atoms with Gasteiger partial charge in [0.25, 0.3) is 0 Å². The summed E-state index contributed by atoms with van der Waals surface area (Å²) in [4.78, 5) is 0. The van der Waals surface area contributed by atoms with Gasteiger partial charge in [-0.25, -0.2) is 0 Å². The molecule has 0 saturated heterocycles. The SMILES string of the molecule is CC(O)C1(c2ccn(C)n2)CC1. The molecule has 0 spiro atoms. The van der Waals surface area contributed by atoms with Crippen molar-refractivity contribution in [1.82, 2.24) is 9.78 Å². The van der Waals surface area contributed by atoms with Crippen molar-refractivity contribution in [3.8, 4) is 0 Å². The highest BCUT2D eigenvalue weighted by molar-refractivity contribution is 5.25. The van der Waals surface area contributed by atoms with E-state index in [-0.39, 0.29) is 11.5 Å².